The summed E-state index contributed by atoms with van der Waals surface area (Å²) >= 11 is 0. The van der Waals surface area contributed by atoms with Gasteiger partial charge in [-0.3, -0.25) is 9.20 Å². The Hall–Kier alpha value is -4.07. The number of rotatable bonds is 4. The Morgan fingerprint density at radius 3 is 2.70 bits per heavy atom. The number of methoxy groups -OCH3 is 1. The molecule has 5 rings (SSSR count). The Kier molecular flexibility index (Phi) is 4.44. The second-order valence-electron chi connectivity index (χ2n) is 6.64. The lowest BCUT2D eigenvalue weighted by Crippen LogP contribution is -2.22. The van der Waals surface area contributed by atoms with Crippen molar-refractivity contribution in [3.8, 4) is 28.9 Å². The third-order valence-electron chi connectivity index (χ3n) is 4.72. The molecule has 30 heavy (non-hydrogen) atoms. The molecular formula is C22H17N3O5. The van der Waals surface area contributed by atoms with Crippen molar-refractivity contribution in [1.29, 1.82) is 0 Å². The van der Waals surface area contributed by atoms with E-state index in [9.17, 15) is 4.79 Å². The second kappa shape index (κ2) is 7.40. The molecule has 0 saturated heterocycles. The predicted octanol–water partition coefficient (Wildman–Crippen LogP) is 3.40. The molecule has 0 radical (unpaired) electrons. The lowest BCUT2D eigenvalue weighted by molar-refractivity contribution is 0.0846. The number of fused-ring (bicyclic) bond motifs is 2. The van der Waals surface area contributed by atoms with Crippen LogP contribution in [0.4, 0.5) is 0 Å². The van der Waals surface area contributed by atoms with Crippen molar-refractivity contribution in [2.75, 3.05) is 13.7 Å². The first kappa shape index (κ1) is 18.0. The Labute approximate surface area is 171 Å². The van der Waals surface area contributed by atoms with E-state index in [1.165, 1.54) is 16.7 Å². The van der Waals surface area contributed by atoms with Gasteiger partial charge in [0, 0.05) is 18.3 Å². The summed E-state index contributed by atoms with van der Waals surface area (Å²) in [5.41, 5.74) is 1.33. The van der Waals surface area contributed by atoms with Crippen LogP contribution in [0.2, 0.25) is 0 Å². The maximum Gasteiger partial charge on any atom is 0.258 e. The van der Waals surface area contributed by atoms with E-state index in [0.29, 0.717) is 35.4 Å². The first-order valence-electron chi connectivity index (χ1n) is 9.28. The molecule has 1 aliphatic rings. The van der Waals surface area contributed by atoms with E-state index in [1.54, 1.807) is 37.7 Å². The average Bonchev–Trinajstić information content (AvgIpc) is 2.79. The third-order valence-corrected chi connectivity index (χ3v) is 4.72. The summed E-state index contributed by atoms with van der Waals surface area (Å²) < 4.78 is 24.3. The summed E-state index contributed by atoms with van der Waals surface area (Å²) in [6.45, 7) is 0.349. The number of hydrogen-bond donors (Lipinski definition) is 0. The minimum Gasteiger partial charge on any atom is -0.497 e. The summed E-state index contributed by atoms with van der Waals surface area (Å²) in [6.07, 6.45) is 4.35. The van der Waals surface area contributed by atoms with Crippen molar-refractivity contribution >= 4 is 5.65 Å². The van der Waals surface area contributed by atoms with Crippen molar-refractivity contribution in [2.24, 2.45) is 0 Å². The molecule has 4 heterocycles. The zero-order valence-corrected chi connectivity index (χ0v) is 16.0. The van der Waals surface area contributed by atoms with Gasteiger partial charge in [-0.25, -0.2) is 9.97 Å². The van der Waals surface area contributed by atoms with E-state index in [1.807, 2.05) is 24.3 Å². The number of ether oxygens (including phenoxy) is 4. The van der Waals surface area contributed by atoms with E-state index in [-0.39, 0.29) is 11.7 Å². The van der Waals surface area contributed by atoms with Gasteiger partial charge >= 0.3 is 0 Å². The molecule has 0 spiro atoms. The summed E-state index contributed by atoms with van der Waals surface area (Å²) in [5.74, 6) is 2.62. The molecule has 0 bridgehead atoms. The van der Waals surface area contributed by atoms with Crippen molar-refractivity contribution in [3.05, 3.63) is 83.0 Å². The zero-order valence-electron chi connectivity index (χ0n) is 16.0. The van der Waals surface area contributed by atoms with Gasteiger partial charge in [0.2, 0.25) is 0 Å². The molecule has 1 aliphatic heterocycles. The summed E-state index contributed by atoms with van der Waals surface area (Å²) in [4.78, 5) is 20.4. The van der Waals surface area contributed by atoms with Crippen molar-refractivity contribution in [3.63, 3.8) is 0 Å². The van der Waals surface area contributed by atoms with Gasteiger partial charge in [0.15, 0.2) is 11.9 Å². The number of pyridine rings is 2. The average molecular weight is 403 g/mol. The van der Waals surface area contributed by atoms with Crippen LogP contribution in [0.1, 0.15) is 11.7 Å². The molecular weight excluding hydrogens is 386 g/mol. The van der Waals surface area contributed by atoms with Gasteiger partial charge in [0.1, 0.15) is 29.5 Å². The van der Waals surface area contributed by atoms with Crippen LogP contribution in [0.15, 0.2) is 71.9 Å². The zero-order chi connectivity index (χ0) is 20.5. The molecule has 0 saturated carbocycles. The molecule has 0 unspecified atom stereocenters. The normalized spacial score (nSPS) is 15.0. The van der Waals surface area contributed by atoms with Gasteiger partial charge in [0.05, 0.1) is 19.5 Å². The molecule has 0 amide bonds. The number of nitrogens with zero attached hydrogens (tertiary/aromatic N) is 3. The molecule has 3 aromatic heterocycles. The van der Waals surface area contributed by atoms with E-state index in [2.05, 4.69) is 9.97 Å². The molecule has 0 N–H and O–H groups in total. The van der Waals surface area contributed by atoms with Gasteiger partial charge in [0.25, 0.3) is 11.4 Å². The predicted molar refractivity (Wildman–Crippen MR) is 108 cm³/mol. The number of benzene rings is 1. The molecule has 150 valence electrons. The molecule has 4 aromatic rings. The van der Waals surface area contributed by atoms with Gasteiger partial charge < -0.3 is 18.9 Å². The van der Waals surface area contributed by atoms with Crippen molar-refractivity contribution < 1.29 is 18.9 Å². The van der Waals surface area contributed by atoms with E-state index < -0.39 is 0 Å². The fourth-order valence-electron chi connectivity index (χ4n) is 3.19. The van der Waals surface area contributed by atoms with Gasteiger partial charge in [-0.2, -0.15) is 0 Å². The topological polar surface area (TPSA) is 84.2 Å². The number of hydrogen-bond acceptors (Lipinski definition) is 7. The van der Waals surface area contributed by atoms with Gasteiger partial charge in [-0.1, -0.05) is 12.1 Å². The Balaban J connectivity index is 1.35. The van der Waals surface area contributed by atoms with E-state index in [4.69, 9.17) is 18.9 Å². The Morgan fingerprint density at radius 1 is 1.03 bits per heavy atom. The fraction of sp³-hybridized carbons (Fsp3) is 0.136. The van der Waals surface area contributed by atoms with Crippen LogP contribution in [-0.4, -0.2) is 28.1 Å². The molecule has 8 heteroatoms. The highest BCUT2D eigenvalue weighted by atomic mass is 16.6. The van der Waals surface area contributed by atoms with Crippen LogP contribution in [0.3, 0.4) is 0 Å². The van der Waals surface area contributed by atoms with Crippen LogP contribution in [0.25, 0.3) is 5.65 Å². The fourth-order valence-corrected chi connectivity index (χ4v) is 3.19. The van der Waals surface area contributed by atoms with Crippen LogP contribution in [0.5, 0.6) is 28.9 Å². The maximum absolute atomic E-state index is 12.0. The Bertz CT molecular complexity index is 1270. The highest BCUT2D eigenvalue weighted by Gasteiger charge is 2.24. The molecule has 1 atom stereocenters. The van der Waals surface area contributed by atoms with Crippen LogP contribution < -0.4 is 24.5 Å². The first-order valence-corrected chi connectivity index (χ1v) is 9.28. The molecule has 1 aromatic carbocycles. The molecule has 0 aliphatic carbocycles. The smallest absolute Gasteiger partial charge is 0.258 e. The lowest BCUT2D eigenvalue weighted by Gasteiger charge is -2.26. The van der Waals surface area contributed by atoms with Crippen LogP contribution in [0, 0.1) is 0 Å². The molecule has 0 fully saturated rings. The lowest BCUT2D eigenvalue weighted by atomic mass is 10.1. The van der Waals surface area contributed by atoms with Crippen molar-refractivity contribution in [2.45, 2.75) is 6.10 Å². The van der Waals surface area contributed by atoms with Crippen LogP contribution in [-0.2, 0) is 0 Å². The standard InChI is InChI=1S/C22H17N3O5/c1-27-15-4-2-14(3-5-15)19-13-28-18-10-17(11-24-22(18)30-19)29-16-6-7-20-23-9-8-21(26)25(20)12-16/h2-12,19H,13H2,1H3/t19-/m1/s1. The monoisotopic (exact) mass is 403 g/mol. The first-order chi connectivity index (χ1) is 14.7. The highest BCUT2D eigenvalue weighted by Crippen LogP contribution is 2.37. The maximum atomic E-state index is 12.0. The summed E-state index contributed by atoms with van der Waals surface area (Å²) in [7, 11) is 1.63. The third kappa shape index (κ3) is 3.39. The van der Waals surface area contributed by atoms with E-state index >= 15 is 0 Å². The van der Waals surface area contributed by atoms with E-state index in [0.717, 1.165) is 11.3 Å². The summed E-state index contributed by atoms with van der Waals surface area (Å²) in [6, 6.07) is 14.2. The van der Waals surface area contributed by atoms with Crippen molar-refractivity contribution in [1.82, 2.24) is 14.4 Å². The quantitative estimate of drug-likeness (QED) is 0.516. The largest absolute Gasteiger partial charge is 0.497 e. The van der Waals surface area contributed by atoms with Crippen LogP contribution >= 0.6 is 0 Å². The van der Waals surface area contributed by atoms with Gasteiger partial charge in [-0.15, -0.1) is 0 Å². The molecule has 8 nitrogen and oxygen atoms in total. The highest BCUT2D eigenvalue weighted by molar-refractivity contribution is 5.45. The minimum atomic E-state index is -0.262. The number of aromatic nitrogens is 3. The second-order valence-corrected chi connectivity index (χ2v) is 6.64. The SMILES string of the molecule is COc1ccc([C@H]2COc3cc(Oc4ccc5nccc(=O)n5c4)cnc3O2)cc1. The van der Waals surface area contributed by atoms with Gasteiger partial charge in [-0.05, 0) is 29.8 Å². The Morgan fingerprint density at radius 2 is 1.87 bits per heavy atom. The minimum absolute atomic E-state index is 0.185. The summed E-state index contributed by atoms with van der Waals surface area (Å²) in [5, 5.41) is 0.